The van der Waals surface area contributed by atoms with E-state index in [1.807, 2.05) is 0 Å². The van der Waals surface area contributed by atoms with Gasteiger partial charge in [-0.3, -0.25) is 4.98 Å². The van der Waals surface area contributed by atoms with Crippen molar-refractivity contribution in [2.75, 3.05) is 0 Å². The fourth-order valence-electron chi connectivity index (χ4n) is 4.33. The van der Waals surface area contributed by atoms with E-state index in [1.54, 1.807) is 30.6 Å². The Morgan fingerprint density at radius 2 is 1.41 bits per heavy atom. The Labute approximate surface area is 233 Å². The molecule has 216 valence electrons. The molecule has 0 aliphatic rings. The van der Waals surface area contributed by atoms with Crippen LogP contribution in [0.2, 0.25) is 0 Å². The molecule has 0 saturated carbocycles. The highest BCUT2D eigenvalue weighted by Crippen LogP contribution is 2.38. The number of sulfone groups is 1. The summed E-state index contributed by atoms with van der Waals surface area (Å²) in [6.07, 6.45) is 4.81. The zero-order valence-corrected chi connectivity index (χ0v) is 22.7. The summed E-state index contributed by atoms with van der Waals surface area (Å²) in [5.41, 5.74) is 2.11. The van der Waals surface area contributed by atoms with Crippen molar-refractivity contribution >= 4 is 9.84 Å². The maximum absolute atomic E-state index is 13.5. The zero-order chi connectivity index (χ0) is 29.8. The second-order valence-electron chi connectivity index (χ2n) is 9.53. The summed E-state index contributed by atoms with van der Waals surface area (Å²) in [6.45, 7) is -3.57. The fraction of sp³-hybridized carbons (Fsp3) is 0.241. The van der Waals surface area contributed by atoms with E-state index in [1.165, 1.54) is 62.5 Å². The summed E-state index contributed by atoms with van der Waals surface area (Å²) >= 11 is 0. The van der Waals surface area contributed by atoms with Crippen LogP contribution in [-0.2, 0) is 21.0 Å². The number of nitrogens with zero attached hydrogens (tertiary/aromatic N) is 2. The molecule has 0 bridgehead atoms. The van der Waals surface area contributed by atoms with E-state index in [9.17, 15) is 30.4 Å². The Kier molecular flexibility index (Phi) is 8.91. The van der Waals surface area contributed by atoms with Crippen molar-refractivity contribution in [2.45, 2.75) is 49.2 Å². The van der Waals surface area contributed by atoms with Crippen LogP contribution in [0.3, 0.4) is 0 Å². The molecule has 0 amide bonds. The number of benzene rings is 2. The third kappa shape index (κ3) is 6.82. The van der Waals surface area contributed by atoms with Gasteiger partial charge in [0.25, 0.3) is 0 Å². The van der Waals surface area contributed by atoms with Gasteiger partial charge in [0.15, 0.2) is 16.5 Å². The maximum Gasteiger partial charge on any atom is 0.387 e. The Morgan fingerprint density at radius 1 is 0.805 bits per heavy atom. The Morgan fingerprint density at radius 3 is 2.00 bits per heavy atom. The molecule has 0 saturated heterocycles. The highest BCUT2D eigenvalue weighted by Gasteiger charge is 2.38. The largest absolute Gasteiger partial charge is 0.431 e. The molecule has 41 heavy (non-hydrogen) atoms. The lowest BCUT2D eigenvalue weighted by molar-refractivity contribution is -0.0692. The van der Waals surface area contributed by atoms with Gasteiger partial charge in [0.2, 0.25) is 9.84 Å². The number of alkyl halides is 4. The molecule has 4 aromatic rings. The van der Waals surface area contributed by atoms with Crippen LogP contribution in [0.4, 0.5) is 22.0 Å². The van der Waals surface area contributed by atoms with Gasteiger partial charge in [-0.2, -0.15) is 17.6 Å². The highest BCUT2D eigenvalue weighted by molar-refractivity contribution is 7.92. The minimum Gasteiger partial charge on any atom is -0.431 e. The van der Waals surface area contributed by atoms with Gasteiger partial charge >= 0.3 is 13.2 Å². The normalized spacial score (nSPS) is 12.9. The number of aromatic nitrogens is 2. The van der Waals surface area contributed by atoms with Crippen LogP contribution in [-0.4, -0.2) is 31.6 Å². The van der Waals surface area contributed by atoms with Gasteiger partial charge in [-0.05, 0) is 85.0 Å². The lowest BCUT2D eigenvalue weighted by Crippen LogP contribution is -2.30. The first kappa shape index (κ1) is 29.9. The van der Waals surface area contributed by atoms with Crippen LogP contribution in [0.15, 0.2) is 90.3 Å². The lowest BCUT2D eigenvalue weighted by atomic mass is 9.87. The molecule has 12 heteroatoms. The van der Waals surface area contributed by atoms with Gasteiger partial charge in [0.1, 0.15) is 5.82 Å². The van der Waals surface area contributed by atoms with Crippen molar-refractivity contribution in [3.63, 3.8) is 0 Å². The number of hydrogen-bond donors (Lipinski definition) is 0. The van der Waals surface area contributed by atoms with Crippen LogP contribution >= 0.6 is 0 Å². The van der Waals surface area contributed by atoms with E-state index in [0.29, 0.717) is 23.1 Å². The molecule has 2 aromatic carbocycles. The molecule has 1 atom stereocenters. The van der Waals surface area contributed by atoms with Gasteiger partial charge in [-0.25, -0.2) is 17.8 Å². The van der Waals surface area contributed by atoms with E-state index in [4.69, 9.17) is 0 Å². The van der Waals surface area contributed by atoms with Crippen molar-refractivity contribution < 1.29 is 39.8 Å². The fourth-order valence-corrected chi connectivity index (χ4v) is 5.74. The predicted molar refractivity (Wildman–Crippen MR) is 140 cm³/mol. The van der Waals surface area contributed by atoms with Crippen LogP contribution in [0.25, 0.3) is 0 Å². The van der Waals surface area contributed by atoms with E-state index in [0.717, 1.165) is 11.6 Å². The minimum atomic E-state index is -4.04. The average Bonchev–Trinajstić information content (AvgIpc) is 2.93. The molecule has 0 aliphatic carbocycles. The smallest absolute Gasteiger partial charge is 0.387 e. The van der Waals surface area contributed by atoms with Crippen molar-refractivity contribution in [3.8, 4) is 11.5 Å². The Hall–Kier alpha value is -4.06. The van der Waals surface area contributed by atoms with E-state index < -0.39 is 51.0 Å². The standard InChI is InChI=1S/C29H25F5N2O4S/c1-29(2,21-5-7-22(30)8-6-21)41(37,38)26-10-4-20(17-36-26)23(15-18-11-13-35-14-12-18)19-3-9-24(39-27(31)32)25(16-19)40-28(33)34/h3-14,16-17,23,27-28H,15H2,1-2H3. The predicted octanol–water partition coefficient (Wildman–Crippen LogP) is 6.90. The monoisotopic (exact) mass is 592 g/mol. The Balaban J connectivity index is 1.74. The van der Waals surface area contributed by atoms with Gasteiger partial charge < -0.3 is 9.47 Å². The second kappa shape index (κ2) is 12.2. The summed E-state index contributed by atoms with van der Waals surface area (Å²) in [6, 6.07) is 15.2. The van der Waals surface area contributed by atoms with E-state index in [-0.39, 0.29) is 5.03 Å². The highest BCUT2D eigenvalue weighted by atomic mass is 32.2. The summed E-state index contributed by atoms with van der Waals surface area (Å²) in [5, 5.41) is -0.222. The third-order valence-corrected chi connectivity index (χ3v) is 9.01. The molecule has 0 fully saturated rings. The molecule has 0 aliphatic heterocycles. The SMILES string of the molecule is CC(C)(c1ccc(F)cc1)S(=O)(=O)c1ccc(C(Cc2ccncc2)c2ccc(OC(F)F)c(OC(F)F)c2)cn1. The molecular formula is C29H25F5N2O4S. The summed E-state index contributed by atoms with van der Waals surface area (Å²) in [4.78, 5) is 8.21. The molecule has 0 spiro atoms. The molecule has 0 radical (unpaired) electrons. The zero-order valence-electron chi connectivity index (χ0n) is 21.8. The molecule has 0 N–H and O–H groups in total. The molecule has 1 unspecified atom stereocenters. The van der Waals surface area contributed by atoms with Gasteiger partial charge in [0, 0.05) is 24.5 Å². The lowest BCUT2D eigenvalue weighted by Gasteiger charge is -2.25. The first-order chi connectivity index (χ1) is 19.4. The van der Waals surface area contributed by atoms with Gasteiger partial charge in [0.05, 0.1) is 4.75 Å². The quantitative estimate of drug-likeness (QED) is 0.176. The third-order valence-electron chi connectivity index (χ3n) is 6.64. The van der Waals surface area contributed by atoms with Crippen LogP contribution < -0.4 is 9.47 Å². The molecule has 6 nitrogen and oxygen atoms in total. The number of halogens is 5. The molecular weight excluding hydrogens is 567 g/mol. The van der Waals surface area contributed by atoms with Crippen LogP contribution in [0.5, 0.6) is 11.5 Å². The second-order valence-corrected chi connectivity index (χ2v) is 12.0. The van der Waals surface area contributed by atoms with Crippen LogP contribution in [0, 0.1) is 5.82 Å². The van der Waals surface area contributed by atoms with Crippen molar-refractivity contribution in [1.29, 1.82) is 0 Å². The van der Waals surface area contributed by atoms with Crippen molar-refractivity contribution in [1.82, 2.24) is 9.97 Å². The summed E-state index contributed by atoms with van der Waals surface area (Å²) in [5.74, 6) is -2.21. The summed E-state index contributed by atoms with van der Waals surface area (Å²) < 4.78 is 99.7. The van der Waals surface area contributed by atoms with Crippen molar-refractivity contribution in [2.24, 2.45) is 0 Å². The number of hydrogen-bond acceptors (Lipinski definition) is 6. The average molecular weight is 593 g/mol. The molecule has 2 aromatic heterocycles. The van der Waals surface area contributed by atoms with Crippen LogP contribution in [0.1, 0.15) is 42.0 Å². The van der Waals surface area contributed by atoms with Crippen molar-refractivity contribution in [3.05, 3.63) is 113 Å². The van der Waals surface area contributed by atoms with Gasteiger partial charge in [-0.15, -0.1) is 0 Å². The number of pyridine rings is 2. The number of ether oxygens (including phenoxy) is 2. The van der Waals surface area contributed by atoms with E-state index in [2.05, 4.69) is 19.4 Å². The minimum absolute atomic E-state index is 0.222. The Bertz CT molecular complexity index is 1570. The molecule has 4 rings (SSSR count). The first-order valence-corrected chi connectivity index (χ1v) is 13.8. The molecule has 2 heterocycles. The first-order valence-electron chi connectivity index (χ1n) is 12.3. The maximum atomic E-state index is 13.5. The summed E-state index contributed by atoms with van der Waals surface area (Å²) in [7, 11) is -4.04. The topological polar surface area (TPSA) is 78.4 Å². The van der Waals surface area contributed by atoms with Gasteiger partial charge in [-0.1, -0.05) is 24.3 Å². The van der Waals surface area contributed by atoms with E-state index >= 15 is 0 Å². The number of rotatable bonds is 11.